The fourth-order valence-electron chi connectivity index (χ4n) is 3.28. The van der Waals surface area contributed by atoms with Gasteiger partial charge in [-0.15, -0.1) is 11.3 Å². The normalized spacial score (nSPS) is 11.6. The maximum absolute atomic E-state index is 13.0. The fourth-order valence-corrected chi connectivity index (χ4v) is 5.55. The molecular formula is C26H25NO4S2. The molecule has 4 aromatic rings. The fraction of sp³-hybridized carbons (Fsp3) is 0.192. The molecule has 170 valence electrons. The van der Waals surface area contributed by atoms with Gasteiger partial charge >= 0.3 is 0 Å². The molecule has 0 bridgehead atoms. The Hall–Kier alpha value is -3.16. The second-order valence-electron chi connectivity index (χ2n) is 8.16. The van der Waals surface area contributed by atoms with Crippen LogP contribution >= 0.6 is 11.3 Å². The molecule has 0 aliphatic carbocycles. The lowest BCUT2D eigenvalue weighted by Gasteiger charge is -2.11. The first kappa shape index (κ1) is 23.0. The van der Waals surface area contributed by atoms with Crippen molar-refractivity contribution in [2.75, 3.05) is 6.61 Å². The molecule has 0 saturated heterocycles. The lowest BCUT2D eigenvalue weighted by molar-refractivity contribution is 0.0955. The number of carbonyl (C=O) groups excluding carboxylic acids is 1. The van der Waals surface area contributed by atoms with E-state index >= 15 is 0 Å². The minimum absolute atomic E-state index is 0.147. The van der Waals surface area contributed by atoms with Crippen molar-refractivity contribution in [3.05, 3.63) is 89.3 Å². The van der Waals surface area contributed by atoms with E-state index in [2.05, 4.69) is 5.32 Å². The average Bonchev–Trinajstić information content (AvgIpc) is 3.26. The summed E-state index contributed by atoms with van der Waals surface area (Å²) < 4.78 is 32.8. The van der Waals surface area contributed by atoms with Crippen LogP contribution < -0.4 is 10.1 Å². The van der Waals surface area contributed by atoms with Gasteiger partial charge in [-0.05, 0) is 59.3 Å². The number of amides is 1. The van der Waals surface area contributed by atoms with Crippen LogP contribution in [0.15, 0.2) is 88.7 Å². The Morgan fingerprint density at radius 3 is 2.42 bits per heavy atom. The molecule has 3 aromatic carbocycles. The van der Waals surface area contributed by atoms with Gasteiger partial charge in [0.1, 0.15) is 5.75 Å². The SMILES string of the molecule is CC(C)COc1cccc(S(=O)(=O)c2ccc(CNC(=O)c3cc4ccccc4s3)cc2)c1. The van der Waals surface area contributed by atoms with E-state index < -0.39 is 9.84 Å². The van der Waals surface area contributed by atoms with Gasteiger partial charge in [0, 0.05) is 11.2 Å². The third kappa shape index (κ3) is 5.43. The van der Waals surface area contributed by atoms with Crippen molar-refractivity contribution in [2.24, 2.45) is 5.92 Å². The van der Waals surface area contributed by atoms with Crippen molar-refractivity contribution >= 4 is 37.2 Å². The van der Waals surface area contributed by atoms with Gasteiger partial charge < -0.3 is 10.1 Å². The van der Waals surface area contributed by atoms with Crippen molar-refractivity contribution in [1.82, 2.24) is 5.32 Å². The highest BCUT2D eigenvalue weighted by atomic mass is 32.2. The molecule has 4 rings (SSSR count). The summed E-state index contributed by atoms with van der Waals surface area (Å²) in [5.74, 6) is 0.730. The third-order valence-corrected chi connectivity index (χ3v) is 7.92. The molecule has 0 spiro atoms. The number of carbonyl (C=O) groups is 1. The van der Waals surface area contributed by atoms with E-state index in [1.165, 1.54) is 11.3 Å². The lowest BCUT2D eigenvalue weighted by Crippen LogP contribution is -2.21. The first-order valence-electron chi connectivity index (χ1n) is 10.7. The predicted octanol–water partition coefficient (Wildman–Crippen LogP) is 5.70. The second-order valence-corrected chi connectivity index (χ2v) is 11.2. The highest BCUT2D eigenvalue weighted by molar-refractivity contribution is 7.91. The van der Waals surface area contributed by atoms with Gasteiger partial charge in [0.05, 0.1) is 21.3 Å². The molecule has 0 aliphatic rings. The summed E-state index contributed by atoms with van der Waals surface area (Å²) >= 11 is 1.45. The van der Waals surface area contributed by atoms with Crippen molar-refractivity contribution in [1.29, 1.82) is 0 Å². The van der Waals surface area contributed by atoms with Crippen LogP contribution in [0.3, 0.4) is 0 Å². The molecule has 7 heteroatoms. The highest BCUT2D eigenvalue weighted by Crippen LogP contribution is 2.26. The van der Waals surface area contributed by atoms with Gasteiger partial charge in [-0.25, -0.2) is 8.42 Å². The molecule has 0 radical (unpaired) electrons. The summed E-state index contributed by atoms with van der Waals surface area (Å²) in [7, 11) is -3.67. The standard InChI is InChI=1S/C26H25NO4S2/c1-18(2)17-31-21-7-5-8-23(15-21)33(29,30)22-12-10-19(11-13-22)16-27-26(28)25-14-20-6-3-4-9-24(20)32-25/h3-15,18H,16-17H2,1-2H3,(H,27,28). The van der Waals surface area contributed by atoms with Gasteiger partial charge in [0.2, 0.25) is 9.84 Å². The zero-order valence-corrected chi connectivity index (χ0v) is 20.1. The van der Waals surface area contributed by atoms with E-state index in [1.807, 2.05) is 44.2 Å². The second kappa shape index (κ2) is 9.77. The van der Waals surface area contributed by atoms with Crippen molar-refractivity contribution in [3.63, 3.8) is 0 Å². The minimum Gasteiger partial charge on any atom is -0.493 e. The van der Waals surface area contributed by atoms with E-state index in [0.29, 0.717) is 29.7 Å². The minimum atomic E-state index is -3.67. The number of hydrogen-bond donors (Lipinski definition) is 1. The molecule has 5 nitrogen and oxygen atoms in total. The van der Waals surface area contributed by atoms with Crippen LogP contribution in [0.1, 0.15) is 29.1 Å². The van der Waals surface area contributed by atoms with E-state index in [9.17, 15) is 13.2 Å². The van der Waals surface area contributed by atoms with Crippen LogP contribution in [0.5, 0.6) is 5.75 Å². The molecule has 0 unspecified atom stereocenters. The van der Waals surface area contributed by atoms with Gasteiger partial charge in [-0.1, -0.05) is 50.2 Å². The summed E-state index contributed by atoms with van der Waals surface area (Å²) in [6.07, 6.45) is 0. The van der Waals surface area contributed by atoms with Crippen LogP contribution in [-0.2, 0) is 16.4 Å². The predicted molar refractivity (Wildman–Crippen MR) is 132 cm³/mol. The molecule has 0 aliphatic heterocycles. The van der Waals surface area contributed by atoms with Crippen LogP contribution in [0.25, 0.3) is 10.1 Å². The maximum Gasteiger partial charge on any atom is 0.261 e. The maximum atomic E-state index is 13.0. The summed E-state index contributed by atoms with van der Waals surface area (Å²) in [6.45, 7) is 4.90. The zero-order valence-electron chi connectivity index (χ0n) is 18.4. The van der Waals surface area contributed by atoms with E-state index in [-0.39, 0.29) is 15.7 Å². The topological polar surface area (TPSA) is 72.5 Å². The van der Waals surface area contributed by atoms with Gasteiger partial charge in [-0.3, -0.25) is 4.79 Å². The molecule has 1 heterocycles. The number of hydrogen-bond acceptors (Lipinski definition) is 5. The van der Waals surface area contributed by atoms with Gasteiger partial charge in [-0.2, -0.15) is 0 Å². The van der Waals surface area contributed by atoms with E-state index in [0.717, 1.165) is 15.6 Å². The van der Waals surface area contributed by atoms with Gasteiger partial charge in [0.25, 0.3) is 5.91 Å². The quantitative estimate of drug-likeness (QED) is 0.352. The van der Waals surface area contributed by atoms with Crippen molar-refractivity contribution in [2.45, 2.75) is 30.2 Å². The molecular weight excluding hydrogens is 454 g/mol. The summed E-state index contributed by atoms with van der Waals surface area (Å²) in [5.41, 5.74) is 0.817. The molecule has 0 atom stereocenters. The van der Waals surface area contributed by atoms with Gasteiger partial charge in [0.15, 0.2) is 0 Å². The summed E-state index contributed by atoms with van der Waals surface area (Å²) in [5, 5.41) is 3.94. The molecule has 1 N–H and O–H groups in total. The Labute approximate surface area is 198 Å². The molecule has 0 saturated carbocycles. The average molecular weight is 480 g/mol. The van der Waals surface area contributed by atoms with Crippen LogP contribution in [0, 0.1) is 5.92 Å². The van der Waals surface area contributed by atoms with Crippen LogP contribution in [-0.4, -0.2) is 20.9 Å². The number of ether oxygens (including phenoxy) is 1. The Morgan fingerprint density at radius 1 is 0.939 bits per heavy atom. The third-order valence-electron chi connectivity index (χ3n) is 5.04. The van der Waals surface area contributed by atoms with Crippen molar-refractivity contribution < 1.29 is 17.9 Å². The summed E-state index contributed by atoms with van der Waals surface area (Å²) in [4.78, 5) is 13.6. The van der Waals surface area contributed by atoms with E-state index in [4.69, 9.17) is 4.74 Å². The highest BCUT2D eigenvalue weighted by Gasteiger charge is 2.18. The monoisotopic (exact) mass is 479 g/mol. The first-order valence-corrected chi connectivity index (χ1v) is 13.0. The Bertz CT molecular complexity index is 1340. The lowest BCUT2D eigenvalue weighted by atomic mass is 10.2. The number of sulfone groups is 1. The molecule has 33 heavy (non-hydrogen) atoms. The number of nitrogens with one attached hydrogen (secondary N) is 1. The summed E-state index contributed by atoms with van der Waals surface area (Å²) in [6, 6.07) is 22.9. The number of fused-ring (bicyclic) bond motifs is 1. The zero-order chi connectivity index (χ0) is 23.4. The van der Waals surface area contributed by atoms with E-state index in [1.54, 1.807) is 48.5 Å². The molecule has 0 fully saturated rings. The van der Waals surface area contributed by atoms with Crippen LogP contribution in [0.4, 0.5) is 0 Å². The Morgan fingerprint density at radius 2 is 1.70 bits per heavy atom. The smallest absolute Gasteiger partial charge is 0.261 e. The number of rotatable bonds is 8. The van der Waals surface area contributed by atoms with Crippen LogP contribution in [0.2, 0.25) is 0 Å². The molecule has 1 amide bonds. The largest absolute Gasteiger partial charge is 0.493 e. The Balaban J connectivity index is 1.43. The Kier molecular flexibility index (Phi) is 6.81. The number of benzene rings is 3. The molecule has 1 aromatic heterocycles. The van der Waals surface area contributed by atoms with Crippen molar-refractivity contribution in [3.8, 4) is 5.75 Å². The number of thiophene rings is 1. The first-order chi connectivity index (χ1) is 15.8.